The summed E-state index contributed by atoms with van der Waals surface area (Å²) >= 11 is 0. The molecular formula is C10H11NO. The second-order valence-corrected chi connectivity index (χ2v) is 3.54. The first-order valence-electron chi connectivity index (χ1n) is 4.40. The van der Waals surface area contributed by atoms with Crippen molar-refractivity contribution in [2.75, 3.05) is 5.73 Å². The van der Waals surface area contributed by atoms with Crippen molar-refractivity contribution in [3.8, 4) is 0 Å². The zero-order chi connectivity index (χ0) is 8.13. The summed E-state index contributed by atoms with van der Waals surface area (Å²) in [6.45, 7) is 0. The third kappa shape index (κ3) is 0.636. The molecule has 0 amide bonds. The normalized spacial score (nSPS) is 30.7. The summed E-state index contributed by atoms with van der Waals surface area (Å²) in [5, 5.41) is 0. The number of nitrogen functional groups attached to an aromatic ring is 1. The molecule has 1 aromatic rings. The molecule has 2 bridgehead atoms. The predicted molar refractivity (Wildman–Crippen MR) is 46.7 cm³/mol. The molecule has 1 fully saturated rings. The summed E-state index contributed by atoms with van der Waals surface area (Å²) in [6.07, 6.45) is 2.95. The van der Waals surface area contributed by atoms with Gasteiger partial charge in [-0.05, 0) is 24.5 Å². The number of ether oxygens (including phenoxy) is 1. The number of anilines is 1. The quantitative estimate of drug-likeness (QED) is 0.592. The van der Waals surface area contributed by atoms with Gasteiger partial charge in [-0.25, -0.2) is 0 Å². The largest absolute Gasteiger partial charge is 0.398 e. The van der Waals surface area contributed by atoms with Gasteiger partial charge in [-0.3, -0.25) is 0 Å². The molecule has 2 N–H and O–H groups in total. The Kier molecular flexibility index (Phi) is 1.09. The van der Waals surface area contributed by atoms with Crippen LogP contribution in [0.15, 0.2) is 18.2 Å². The molecule has 1 aromatic carbocycles. The van der Waals surface area contributed by atoms with Crippen molar-refractivity contribution >= 4 is 5.69 Å². The molecule has 2 nitrogen and oxygen atoms in total. The van der Waals surface area contributed by atoms with Gasteiger partial charge in [0.1, 0.15) is 0 Å². The number of rotatable bonds is 0. The Balaban J connectivity index is 2.26. The summed E-state index contributed by atoms with van der Waals surface area (Å²) in [5.41, 5.74) is 9.36. The number of benzene rings is 1. The molecule has 0 saturated carbocycles. The third-order valence-corrected chi connectivity index (χ3v) is 2.86. The van der Waals surface area contributed by atoms with E-state index >= 15 is 0 Å². The molecule has 62 valence electrons. The van der Waals surface area contributed by atoms with Gasteiger partial charge in [0.15, 0.2) is 0 Å². The summed E-state index contributed by atoms with van der Waals surface area (Å²) in [5.74, 6) is 0. The summed E-state index contributed by atoms with van der Waals surface area (Å²) in [7, 11) is 0. The van der Waals surface area contributed by atoms with Crippen LogP contribution in [0, 0.1) is 0 Å². The summed E-state index contributed by atoms with van der Waals surface area (Å²) in [6, 6.07) is 6.11. The molecule has 0 radical (unpaired) electrons. The van der Waals surface area contributed by atoms with Crippen LogP contribution >= 0.6 is 0 Å². The lowest BCUT2D eigenvalue weighted by Crippen LogP contribution is -2.01. The Morgan fingerprint density at radius 3 is 2.92 bits per heavy atom. The molecule has 2 heteroatoms. The second kappa shape index (κ2) is 2.02. The van der Waals surface area contributed by atoms with Crippen LogP contribution in [0.5, 0.6) is 0 Å². The van der Waals surface area contributed by atoms with Gasteiger partial charge in [-0.2, -0.15) is 0 Å². The third-order valence-electron chi connectivity index (χ3n) is 2.86. The molecule has 0 aromatic heterocycles. The Morgan fingerprint density at radius 2 is 2.08 bits per heavy atom. The van der Waals surface area contributed by atoms with Crippen molar-refractivity contribution in [2.45, 2.75) is 25.0 Å². The average Bonchev–Trinajstić information content (AvgIpc) is 2.64. The molecule has 3 rings (SSSR count). The molecule has 1 saturated heterocycles. The molecule has 2 aliphatic rings. The maximum Gasteiger partial charge on any atom is 0.0857 e. The van der Waals surface area contributed by atoms with Crippen molar-refractivity contribution in [3.63, 3.8) is 0 Å². The van der Waals surface area contributed by atoms with Crippen molar-refractivity contribution in [2.24, 2.45) is 0 Å². The maximum atomic E-state index is 5.88. The minimum Gasteiger partial charge on any atom is -0.398 e. The van der Waals surface area contributed by atoms with Crippen LogP contribution in [0.2, 0.25) is 0 Å². The molecular weight excluding hydrogens is 150 g/mol. The topological polar surface area (TPSA) is 35.2 Å². The van der Waals surface area contributed by atoms with Crippen LogP contribution in [0.1, 0.15) is 36.2 Å². The SMILES string of the molecule is Nc1cccc2c1C1CCC2O1. The van der Waals surface area contributed by atoms with Crippen LogP contribution in [0.3, 0.4) is 0 Å². The Labute approximate surface area is 71.3 Å². The van der Waals surface area contributed by atoms with E-state index in [0.29, 0.717) is 12.2 Å². The van der Waals surface area contributed by atoms with Gasteiger partial charge in [-0.15, -0.1) is 0 Å². The van der Waals surface area contributed by atoms with Crippen LogP contribution in [-0.4, -0.2) is 0 Å². The Hall–Kier alpha value is -1.02. The Morgan fingerprint density at radius 1 is 1.25 bits per heavy atom. The second-order valence-electron chi connectivity index (χ2n) is 3.54. The van der Waals surface area contributed by atoms with Gasteiger partial charge in [0.25, 0.3) is 0 Å². The highest BCUT2D eigenvalue weighted by atomic mass is 16.5. The van der Waals surface area contributed by atoms with E-state index in [1.165, 1.54) is 17.5 Å². The first-order chi connectivity index (χ1) is 5.86. The van der Waals surface area contributed by atoms with E-state index in [1.807, 2.05) is 12.1 Å². The Bertz CT molecular complexity index is 335. The number of hydrogen-bond acceptors (Lipinski definition) is 2. The average molecular weight is 161 g/mol. The minimum atomic E-state index is 0.297. The van der Waals surface area contributed by atoms with Gasteiger partial charge < -0.3 is 10.5 Å². The zero-order valence-corrected chi connectivity index (χ0v) is 6.79. The smallest absolute Gasteiger partial charge is 0.0857 e. The first-order valence-corrected chi connectivity index (χ1v) is 4.40. The van der Waals surface area contributed by atoms with E-state index in [9.17, 15) is 0 Å². The fourth-order valence-corrected chi connectivity index (χ4v) is 2.33. The fourth-order valence-electron chi connectivity index (χ4n) is 2.33. The monoisotopic (exact) mass is 161 g/mol. The molecule has 0 aliphatic carbocycles. The van der Waals surface area contributed by atoms with E-state index in [2.05, 4.69) is 6.07 Å². The minimum absolute atomic E-state index is 0.297. The molecule has 2 atom stereocenters. The lowest BCUT2D eigenvalue weighted by Gasteiger charge is -2.12. The van der Waals surface area contributed by atoms with E-state index in [1.54, 1.807) is 0 Å². The highest BCUT2D eigenvalue weighted by molar-refractivity contribution is 5.55. The number of hydrogen-bond donors (Lipinski definition) is 1. The summed E-state index contributed by atoms with van der Waals surface area (Å²) < 4.78 is 5.74. The van der Waals surface area contributed by atoms with Crippen molar-refractivity contribution in [1.82, 2.24) is 0 Å². The van der Waals surface area contributed by atoms with Crippen LogP contribution in [0.4, 0.5) is 5.69 Å². The first kappa shape index (κ1) is 6.49. The standard InChI is InChI=1S/C10H11NO/c11-7-3-1-2-6-8-4-5-9(12-8)10(6)7/h1-3,8-9H,4-5,11H2. The van der Waals surface area contributed by atoms with Gasteiger partial charge in [0, 0.05) is 11.3 Å². The van der Waals surface area contributed by atoms with Crippen molar-refractivity contribution < 1.29 is 4.74 Å². The van der Waals surface area contributed by atoms with E-state index in [0.717, 1.165) is 12.1 Å². The number of fused-ring (bicyclic) bond motifs is 5. The summed E-state index contributed by atoms with van der Waals surface area (Å²) in [4.78, 5) is 0. The van der Waals surface area contributed by atoms with E-state index in [4.69, 9.17) is 10.5 Å². The molecule has 2 unspecified atom stereocenters. The van der Waals surface area contributed by atoms with Gasteiger partial charge in [0.05, 0.1) is 12.2 Å². The lowest BCUT2D eigenvalue weighted by atomic mass is 9.91. The molecule has 2 heterocycles. The molecule has 12 heavy (non-hydrogen) atoms. The van der Waals surface area contributed by atoms with Gasteiger partial charge in [-0.1, -0.05) is 12.1 Å². The maximum absolute atomic E-state index is 5.88. The highest BCUT2D eigenvalue weighted by Crippen LogP contribution is 2.52. The molecule has 2 aliphatic heterocycles. The number of nitrogens with two attached hydrogens (primary N) is 1. The van der Waals surface area contributed by atoms with Crippen molar-refractivity contribution in [1.29, 1.82) is 0 Å². The van der Waals surface area contributed by atoms with Crippen LogP contribution in [-0.2, 0) is 4.74 Å². The predicted octanol–water partition coefficient (Wildman–Crippen LogP) is 2.17. The van der Waals surface area contributed by atoms with Gasteiger partial charge in [0.2, 0.25) is 0 Å². The lowest BCUT2D eigenvalue weighted by molar-refractivity contribution is 0.0719. The zero-order valence-electron chi connectivity index (χ0n) is 6.79. The molecule has 0 spiro atoms. The fraction of sp³-hybridized carbons (Fsp3) is 0.400. The van der Waals surface area contributed by atoms with Crippen LogP contribution in [0.25, 0.3) is 0 Å². The van der Waals surface area contributed by atoms with Gasteiger partial charge >= 0.3 is 0 Å². The van der Waals surface area contributed by atoms with E-state index in [-0.39, 0.29) is 0 Å². The highest BCUT2D eigenvalue weighted by Gasteiger charge is 2.38. The van der Waals surface area contributed by atoms with E-state index < -0.39 is 0 Å². The van der Waals surface area contributed by atoms with Crippen molar-refractivity contribution in [3.05, 3.63) is 29.3 Å². The van der Waals surface area contributed by atoms with Crippen LogP contribution < -0.4 is 5.73 Å².